The third-order valence-corrected chi connectivity index (χ3v) is 3.30. The van der Waals surface area contributed by atoms with Gasteiger partial charge in [-0.05, 0) is 12.5 Å². The summed E-state index contributed by atoms with van der Waals surface area (Å²) in [5.41, 5.74) is 8.34. The number of aromatic nitrogens is 2. The largest absolute Gasteiger partial charge is 0.384 e. The van der Waals surface area contributed by atoms with Crippen LogP contribution < -0.4 is 10.6 Å². The smallest absolute Gasteiger partial charge is 0.138 e. The molecule has 0 radical (unpaired) electrons. The molecule has 1 aromatic heterocycles. The first-order valence-electron chi connectivity index (χ1n) is 7.17. The van der Waals surface area contributed by atoms with E-state index in [1.54, 1.807) is 0 Å². The fourth-order valence-corrected chi connectivity index (χ4v) is 2.15. The quantitative estimate of drug-likeness (QED) is 0.939. The highest BCUT2D eigenvalue weighted by Gasteiger charge is 2.19. The van der Waals surface area contributed by atoms with Crippen LogP contribution in [0.1, 0.15) is 37.7 Å². The number of aryl methyl sites for hydroxylation is 1. The van der Waals surface area contributed by atoms with Crippen LogP contribution in [0.25, 0.3) is 0 Å². The number of rotatable bonds is 3. The molecule has 0 bridgehead atoms. The van der Waals surface area contributed by atoms with Crippen LogP contribution in [0.4, 0.5) is 11.6 Å². The Morgan fingerprint density at radius 3 is 2.48 bits per heavy atom. The number of nitrogen functional groups attached to an aromatic ring is 1. The second-order valence-electron chi connectivity index (χ2n) is 6.57. The Morgan fingerprint density at radius 1 is 1.14 bits per heavy atom. The van der Waals surface area contributed by atoms with E-state index in [9.17, 15) is 0 Å². The van der Waals surface area contributed by atoms with Gasteiger partial charge in [0.25, 0.3) is 0 Å². The molecule has 2 N–H and O–H groups in total. The predicted molar refractivity (Wildman–Crippen MR) is 88.4 cm³/mol. The number of nitrogens with zero attached hydrogens (tertiary/aromatic N) is 3. The highest BCUT2D eigenvalue weighted by molar-refractivity contribution is 5.47. The van der Waals surface area contributed by atoms with Gasteiger partial charge in [-0.3, -0.25) is 0 Å². The van der Waals surface area contributed by atoms with Crippen molar-refractivity contribution >= 4 is 11.6 Å². The lowest BCUT2D eigenvalue weighted by atomic mass is 9.96. The van der Waals surface area contributed by atoms with Crippen LogP contribution in [0.15, 0.2) is 30.3 Å². The Morgan fingerprint density at radius 2 is 1.86 bits per heavy atom. The summed E-state index contributed by atoms with van der Waals surface area (Å²) in [6.45, 7) is 9.16. The SMILES string of the molecule is Cc1cccc(CN(C)c2cc(N)nc(C(C)(C)C)n2)c1. The van der Waals surface area contributed by atoms with Crippen LogP contribution in [0, 0.1) is 6.92 Å². The van der Waals surface area contributed by atoms with Crippen LogP contribution in [0.3, 0.4) is 0 Å². The van der Waals surface area contributed by atoms with Gasteiger partial charge in [0, 0.05) is 25.1 Å². The van der Waals surface area contributed by atoms with Crippen molar-refractivity contribution < 1.29 is 0 Å². The first kappa shape index (κ1) is 15.3. The average Bonchev–Trinajstić information content (AvgIpc) is 2.37. The van der Waals surface area contributed by atoms with Gasteiger partial charge in [0.05, 0.1) is 0 Å². The molecule has 0 aliphatic heterocycles. The molecule has 1 heterocycles. The summed E-state index contributed by atoms with van der Waals surface area (Å²) >= 11 is 0. The van der Waals surface area contributed by atoms with E-state index in [0.29, 0.717) is 5.82 Å². The standard InChI is InChI=1S/C17H24N4/c1-12-7-6-8-13(9-12)11-21(5)15-10-14(18)19-16(20-15)17(2,3)4/h6-10H,11H2,1-5H3,(H2,18,19,20). The summed E-state index contributed by atoms with van der Waals surface area (Å²) < 4.78 is 0. The van der Waals surface area contributed by atoms with Crippen molar-refractivity contribution in [3.05, 3.63) is 47.3 Å². The van der Waals surface area contributed by atoms with Gasteiger partial charge in [0.15, 0.2) is 0 Å². The maximum Gasteiger partial charge on any atom is 0.138 e. The van der Waals surface area contributed by atoms with Crippen LogP contribution in [-0.2, 0) is 12.0 Å². The van der Waals surface area contributed by atoms with E-state index >= 15 is 0 Å². The molecule has 0 spiro atoms. The van der Waals surface area contributed by atoms with E-state index in [0.717, 1.165) is 18.2 Å². The molecule has 0 unspecified atom stereocenters. The van der Waals surface area contributed by atoms with Gasteiger partial charge in [-0.1, -0.05) is 50.6 Å². The molecule has 2 rings (SSSR count). The lowest BCUT2D eigenvalue weighted by Crippen LogP contribution is -2.22. The average molecular weight is 284 g/mol. The number of nitrogens with two attached hydrogens (primary N) is 1. The fourth-order valence-electron chi connectivity index (χ4n) is 2.15. The van der Waals surface area contributed by atoms with E-state index < -0.39 is 0 Å². The van der Waals surface area contributed by atoms with Crippen LogP contribution in [0.2, 0.25) is 0 Å². The van der Waals surface area contributed by atoms with Gasteiger partial charge in [-0.25, -0.2) is 9.97 Å². The molecule has 4 nitrogen and oxygen atoms in total. The van der Waals surface area contributed by atoms with Gasteiger partial charge >= 0.3 is 0 Å². The minimum absolute atomic E-state index is 0.117. The Hall–Kier alpha value is -2.10. The Kier molecular flexibility index (Phi) is 4.16. The van der Waals surface area contributed by atoms with E-state index in [2.05, 4.69) is 66.8 Å². The van der Waals surface area contributed by atoms with Gasteiger partial charge in [0.2, 0.25) is 0 Å². The van der Waals surface area contributed by atoms with Crippen molar-refractivity contribution in [2.75, 3.05) is 17.7 Å². The normalized spacial score (nSPS) is 11.5. The van der Waals surface area contributed by atoms with Gasteiger partial charge in [-0.15, -0.1) is 0 Å². The highest BCUT2D eigenvalue weighted by atomic mass is 15.2. The third-order valence-electron chi connectivity index (χ3n) is 3.30. The maximum atomic E-state index is 5.93. The zero-order valence-electron chi connectivity index (χ0n) is 13.5. The molecule has 0 fully saturated rings. The molecular formula is C17H24N4. The van der Waals surface area contributed by atoms with Crippen LogP contribution in [0.5, 0.6) is 0 Å². The summed E-state index contributed by atoms with van der Waals surface area (Å²) in [5.74, 6) is 2.14. The van der Waals surface area contributed by atoms with Crippen LogP contribution >= 0.6 is 0 Å². The molecule has 4 heteroatoms. The monoisotopic (exact) mass is 284 g/mol. The minimum atomic E-state index is -0.117. The Labute approximate surface area is 127 Å². The van der Waals surface area contributed by atoms with Crippen molar-refractivity contribution in [3.8, 4) is 0 Å². The molecule has 0 atom stereocenters. The molecule has 0 amide bonds. The molecule has 0 aliphatic carbocycles. The first-order chi connectivity index (χ1) is 9.75. The lowest BCUT2D eigenvalue weighted by Gasteiger charge is -2.23. The molecule has 112 valence electrons. The highest BCUT2D eigenvalue weighted by Crippen LogP contribution is 2.23. The number of hydrogen-bond donors (Lipinski definition) is 1. The zero-order chi connectivity index (χ0) is 15.6. The van der Waals surface area contributed by atoms with Crippen LogP contribution in [-0.4, -0.2) is 17.0 Å². The summed E-state index contributed by atoms with van der Waals surface area (Å²) in [6, 6.07) is 10.3. The first-order valence-corrected chi connectivity index (χ1v) is 7.17. The Balaban J connectivity index is 2.27. The van der Waals surface area contributed by atoms with E-state index in [1.165, 1.54) is 11.1 Å². The molecule has 21 heavy (non-hydrogen) atoms. The molecule has 2 aromatic rings. The van der Waals surface area contributed by atoms with E-state index in [-0.39, 0.29) is 5.41 Å². The summed E-state index contributed by atoms with van der Waals surface area (Å²) in [6.07, 6.45) is 0. The van der Waals surface area contributed by atoms with Crippen molar-refractivity contribution in [2.24, 2.45) is 0 Å². The minimum Gasteiger partial charge on any atom is -0.384 e. The Bertz CT molecular complexity index is 629. The maximum absolute atomic E-state index is 5.93. The predicted octanol–water partition coefficient (Wildman–Crippen LogP) is 3.30. The van der Waals surface area contributed by atoms with E-state index in [4.69, 9.17) is 5.73 Å². The zero-order valence-corrected chi connectivity index (χ0v) is 13.5. The van der Waals surface area contributed by atoms with Crippen molar-refractivity contribution in [1.29, 1.82) is 0 Å². The van der Waals surface area contributed by atoms with Gasteiger partial charge < -0.3 is 10.6 Å². The third kappa shape index (κ3) is 3.94. The molecule has 1 aromatic carbocycles. The summed E-state index contributed by atoms with van der Waals surface area (Å²) in [4.78, 5) is 11.1. The van der Waals surface area contributed by atoms with Gasteiger partial charge in [0.1, 0.15) is 17.5 Å². The summed E-state index contributed by atoms with van der Waals surface area (Å²) in [7, 11) is 2.02. The second-order valence-corrected chi connectivity index (χ2v) is 6.57. The number of hydrogen-bond acceptors (Lipinski definition) is 4. The van der Waals surface area contributed by atoms with Crippen molar-refractivity contribution in [2.45, 2.75) is 39.7 Å². The second kappa shape index (κ2) is 5.72. The lowest BCUT2D eigenvalue weighted by molar-refractivity contribution is 0.545. The molecule has 0 saturated heterocycles. The topological polar surface area (TPSA) is 55.0 Å². The fraction of sp³-hybridized carbons (Fsp3) is 0.412. The summed E-state index contributed by atoms with van der Waals surface area (Å²) in [5, 5.41) is 0. The van der Waals surface area contributed by atoms with Crippen molar-refractivity contribution in [1.82, 2.24) is 9.97 Å². The van der Waals surface area contributed by atoms with E-state index in [1.807, 2.05) is 13.1 Å². The van der Waals surface area contributed by atoms with Crippen molar-refractivity contribution in [3.63, 3.8) is 0 Å². The molecule has 0 saturated carbocycles. The molecular weight excluding hydrogens is 260 g/mol. The molecule has 0 aliphatic rings. The number of benzene rings is 1. The number of anilines is 2. The van der Waals surface area contributed by atoms with Gasteiger partial charge in [-0.2, -0.15) is 0 Å².